The zero-order valence-corrected chi connectivity index (χ0v) is 15.9. The molecular formula is C17H26ClFN6O. The van der Waals surface area contributed by atoms with E-state index < -0.39 is 6.04 Å². The molecule has 9 heteroatoms. The molecule has 0 fully saturated rings. The molecule has 0 radical (unpaired) electrons. The van der Waals surface area contributed by atoms with Crippen molar-refractivity contribution in [3.05, 3.63) is 41.5 Å². The van der Waals surface area contributed by atoms with Gasteiger partial charge in [0.2, 0.25) is 5.91 Å². The lowest BCUT2D eigenvalue weighted by atomic mass is 10.0. The molecule has 0 aliphatic rings. The lowest BCUT2D eigenvalue weighted by molar-refractivity contribution is -0.125. The van der Waals surface area contributed by atoms with Gasteiger partial charge in [-0.15, -0.1) is 17.5 Å². The number of nitrogens with one attached hydrogen (secondary N) is 1. The maximum Gasteiger partial charge on any atom is 0.245 e. The summed E-state index contributed by atoms with van der Waals surface area (Å²) in [6.07, 6.45) is 3.13. The van der Waals surface area contributed by atoms with Crippen molar-refractivity contribution in [3.63, 3.8) is 0 Å². The molecule has 0 aliphatic carbocycles. The van der Waals surface area contributed by atoms with Gasteiger partial charge in [0.05, 0.1) is 0 Å². The van der Waals surface area contributed by atoms with Crippen LogP contribution in [0, 0.1) is 12.7 Å². The Balaban J connectivity index is 0.00000338. The Morgan fingerprint density at radius 3 is 2.77 bits per heavy atom. The van der Waals surface area contributed by atoms with E-state index in [9.17, 15) is 9.18 Å². The predicted octanol–water partition coefficient (Wildman–Crippen LogP) is 1.96. The number of hydrogen-bond donors (Lipinski definition) is 2. The summed E-state index contributed by atoms with van der Waals surface area (Å²) in [5, 5.41) is 14.4. The highest BCUT2D eigenvalue weighted by Crippen LogP contribution is 2.16. The van der Waals surface area contributed by atoms with E-state index in [2.05, 4.69) is 27.8 Å². The number of tetrazole rings is 1. The summed E-state index contributed by atoms with van der Waals surface area (Å²) in [7, 11) is 0. The van der Waals surface area contributed by atoms with Crippen LogP contribution in [0.25, 0.3) is 0 Å². The number of nitrogens with zero attached hydrogens (tertiary/aromatic N) is 4. The minimum Gasteiger partial charge on any atom is -0.350 e. The number of amides is 1. The second-order valence-corrected chi connectivity index (χ2v) is 6.10. The monoisotopic (exact) mass is 384 g/mol. The highest BCUT2D eigenvalue weighted by molar-refractivity contribution is 5.85. The zero-order chi connectivity index (χ0) is 18.2. The van der Waals surface area contributed by atoms with E-state index in [1.54, 1.807) is 19.1 Å². The van der Waals surface area contributed by atoms with E-state index >= 15 is 0 Å². The first-order chi connectivity index (χ1) is 12.0. The number of unbranched alkanes of at least 4 members (excludes halogenated alkanes) is 1. The topological polar surface area (TPSA) is 98.7 Å². The summed E-state index contributed by atoms with van der Waals surface area (Å²) in [4.78, 5) is 12.8. The number of carbonyl (C=O) groups excluding carboxylic acids is 1. The van der Waals surface area contributed by atoms with Crippen molar-refractivity contribution in [1.82, 2.24) is 25.5 Å². The number of hydrogen-bond acceptors (Lipinski definition) is 5. The highest BCUT2D eigenvalue weighted by atomic mass is 35.5. The molecule has 1 amide bonds. The first-order valence-electron chi connectivity index (χ1n) is 8.54. The molecular weight excluding hydrogens is 359 g/mol. The van der Waals surface area contributed by atoms with Crippen molar-refractivity contribution in [2.45, 2.75) is 51.6 Å². The van der Waals surface area contributed by atoms with Crippen molar-refractivity contribution in [3.8, 4) is 0 Å². The minimum absolute atomic E-state index is 0. The molecule has 26 heavy (non-hydrogen) atoms. The maximum atomic E-state index is 13.5. The summed E-state index contributed by atoms with van der Waals surface area (Å²) in [6.45, 7) is 4.18. The van der Waals surface area contributed by atoms with Gasteiger partial charge in [0, 0.05) is 19.0 Å². The largest absolute Gasteiger partial charge is 0.350 e. The van der Waals surface area contributed by atoms with Gasteiger partial charge in [-0.05, 0) is 41.5 Å². The van der Waals surface area contributed by atoms with E-state index in [1.807, 2.05) is 0 Å². The molecule has 2 rings (SSSR count). The number of benzene rings is 1. The number of aromatic nitrogens is 4. The van der Waals surface area contributed by atoms with Gasteiger partial charge in [0.15, 0.2) is 0 Å². The van der Waals surface area contributed by atoms with E-state index in [1.165, 1.54) is 16.8 Å². The van der Waals surface area contributed by atoms with Gasteiger partial charge in [0.25, 0.3) is 0 Å². The SMILES string of the molecule is CCCCC(CN)NC(=O)C(Cc1cccc(F)c1)n1nnnc1C.Cl. The van der Waals surface area contributed by atoms with Crippen molar-refractivity contribution in [2.75, 3.05) is 6.54 Å². The van der Waals surface area contributed by atoms with Crippen LogP contribution in [0.5, 0.6) is 0 Å². The van der Waals surface area contributed by atoms with Gasteiger partial charge in [-0.2, -0.15) is 0 Å². The Hall–Kier alpha value is -2.06. The van der Waals surface area contributed by atoms with E-state index in [4.69, 9.17) is 5.73 Å². The standard InChI is InChI=1S/C17H25FN6O.ClH/c1-3-4-8-15(11-19)20-17(25)16(24-12(2)21-22-23-24)10-13-6-5-7-14(18)9-13;/h5-7,9,15-16H,3-4,8,10-11,19H2,1-2H3,(H,20,25);1H. The second-order valence-electron chi connectivity index (χ2n) is 6.10. The fourth-order valence-corrected chi connectivity index (χ4v) is 2.70. The lowest BCUT2D eigenvalue weighted by Crippen LogP contribution is -2.44. The number of carbonyl (C=O) groups is 1. The molecule has 0 bridgehead atoms. The zero-order valence-electron chi connectivity index (χ0n) is 15.1. The molecule has 1 heterocycles. The van der Waals surface area contributed by atoms with Crippen LogP contribution in [0.2, 0.25) is 0 Å². The molecule has 144 valence electrons. The molecule has 2 atom stereocenters. The Morgan fingerprint density at radius 2 is 2.19 bits per heavy atom. The number of rotatable bonds is 9. The van der Waals surface area contributed by atoms with Crippen molar-refractivity contribution in [2.24, 2.45) is 5.73 Å². The molecule has 0 spiro atoms. The van der Waals surface area contributed by atoms with Crippen LogP contribution in [0.15, 0.2) is 24.3 Å². The number of halogens is 2. The molecule has 7 nitrogen and oxygen atoms in total. The molecule has 2 aromatic rings. The number of aryl methyl sites for hydroxylation is 1. The average Bonchev–Trinajstić information content (AvgIpc) is 3.02. The quantitative estimate of drug-likeness (QED) is 0.688. The summed E-state index contributed by atoms with van der Waals surface area (Å²) < 4.78 is 14.9. The van der Waals surface area contributed by atoms with Gasteiger partial charge >= 0.3 is 0 Å². The van der Waals surface area contributed by atoms with Crippen molar-refractivity contribution < 1.29 is 9.18 Å². The van der Waals surface area contributed by atoms with Gasteiger partial charge in [-0.25, -0.2) is 9.07 Å². The smallest absolute Gasteiger partial charge is 0.245 e. The van der Waals surface area contributed by atoms with Crippen LogP contribution in [0.3, 0.4) is 0 Å². The van der Waals surface area contributed by atoms with Crippen LogP contribution in [0.1, 0.15) is 43.6 Å². The van der Waals surface area contributed by atoms with E-state index in [0.29, 0.717) is 24.4 Å². The predicted molar refractivity (Wildman–Crippen MR) is 99.5 cm³/mol. The first kappa shape index (κ1) is 22.0. The molecule has 1 aromatic carbocycles. The van der Waals surface area contributed by atoms with Gasteiger partial charge in [-0.3, -0.25) is 4.79 Å². The first-order valence-corrected chi connectivity index (χ1v) is 8.54. The Bertz CT molecular complexity index is 695. The summed E-state index contributed by atoms with van der Waals surface area (Å²) in [5.74, 6) is -0.0338. The minimum atomic E-state index is -0.660. The third kappa shape index (κ3) is 6.03. The Kier molecular flexibility index (Phi) is 9.15. The Labute approximate surface area is 158 Å². The summed E-state index contributed by atoms with van der Waals surface area (Å²) >= 11 is 0. The van der Waals surface area contributed by atoms with Gasteiger partial charge in [-0.1, -0.05) is 31.9 Å². The average molecular weight is 385 g/mol. The van der Waals surface area contributed by atoms with Crippen molar-refractivity contribution in [1.29, 1.82) is 0 Å². The molecule has 0 aliphatic heterocycles. The maximum absolute atomic E-state index is 13.5. The fraction of sp³-hybridized carbons (Fsp3) is 0.529. The fourth-order valence-electron chi connectivity index (χ4n) is 2.70. The molecule has 1 aromatic heterocycles. The molecule has 3 N–H and O–H groups in total. The van der Waals surface area contributed by atoms with Crippen LogP contribution in [-0.4, -0.2) is 38.7 Å². The second kappa shape index (κ2) is 10.8. The summed E-state index contributed by atoms with van der Waals surface area (Å²) in [6, 6.07) is 5.43. The van der Waals surface area contributed by atoms with Crippen LogP contribution >= 0.6 is 12.4 Å². The van der Waals surface area contributed by atoms with E-state index in [-0.39, 0.29) is 30.2 Å². The van der Waals surface area contributed by atoms with Crippen LogP contribution in [0.4, 0.5) is 4.39 Å². The Morgan fingerprint density at radius 1 is 1.42 bits per heavy atom. The number of nitrogens with two attached hydrogens (primary N) is 1. The van der Waals surface area contributed by atoms with Crippen LogP contribution < -0.4 is 11.1 Å². The molecule has 0 saturated heterocycles. The lowest BCUT2D eigenvalue weighted by Gasteiger charge is -2.22. The molecule has 0 saturated carbocycles. The van der Waals surface area contributed by atoms with Gasteiger partial charge < -0.3 is 11.1 Å². The summed E-state index contributed by atoms with van der Waals surface area (Å²) in [5.41, 5.74) is 6.47. The normalized spacial score (nSPS) is 12.9. The molecule has 2 unspecified atom stereocenters. The third-order valence-electron chi connectivity index (χ3n) is 4.11. The van der Waals surface area contributed by atoms with Crippen molar-refractivity contribution >= 4 is 18.3 Å². The third-order valence-corrected chi connectivity index (χ3v) is 4.11. The van der Waals surface area contributed by atoms with E-state index in [0.717, 1.165) is 19.3 Å². The van der Waals surface area contributed by atoms with Crippen LogP contribution in [-0.2, 0) is 11.2 Å². The van der Waals surface area contributed by atoms with Gasteiger partial charge in [0.1, 0.15) is 17.7 Å². The highest BCUT2D eigenvalue weighted by Gasteiger charge is 2.26.